The van der Waals surface area contributed by atoms with Crippen LogP contribution >= 0.6 is 0 Å². The number of nitrogens with zero attached hydrogens (tertiary/aromatic N) is 2. The number of hydrogen-bond acceptors (Lipinski definition) is 3. The summed E-state index contributed by atoms with van der Waals surface area (Å²) < 4.78 is 6.95. The summed E-state index contributed by atoms with van der Waals surface area (Å²) in [5.41, 5.74) is 1.50. The summed E-state index contributed by atoms with van der Waals surface area (Å²) in [6.07, 6.45) is 5.03. The molecule has 1 aromatic heterocycles. The van der Waals surface area contributed by atoms with Gasteiger partial charge in [0.2, 0.25) is 0 Å². The fourth-order valence-corrected chi connectivity index (χ4v) is 3.07. The van der Waals surface area contributed by atoms with Gasteiger partial charge < -0.3 is 19.5 Å². The summed E-state index contributed by atoms with van der Waals surface area (Å²) in [6, 6.07) is 11.5. The summed E-state index contributed by atoms with van der Waals surface area (Å²) in [7, 11) is 0. The Hall–Kier alpha value is -2.76. The number of carbonyl (C=O) groups excluding carboxylic acids is 2. The van der Waals surface area contributed by atoms with E-state index in [0.717, 1.165) is 18.5 Å². The van der Waals surface area contributed by atoms with E-state index in [1.165, 1.54) is 0 Å². The number of hydrogen-bond donors (Lipinski definition) is 1. The average Bonchev–Trinajstić information content (AvgIpc) is 3.17. The first kappa shape index (κ1) is 17.1. The Morgan fingerprint density at radius 2 is 1.80 bits per heavy atom. The topological polar surface area (TPSA) is 63.6 Å². The van der Waals surface area contributed by atoms with E-state index in [0.29, 0.717) is 25.3 Å². The molecule has 1 aromatic carbocycles. The zero-order chi connectivity index (χ0) is 17.6. The molecule has 1 N–H and O–H groups in total. The minimum atomic E-state index is -0.273. The Kier molecular flexibility index (Phi) is 5.38. The van der Waals surface area contributed by atoms with Crippen LogP contribution in [0.2, 0.25) is 0 Å². The number of aromatic nitrogens is 1. The van der Waals surface area contributed by atoms with Crippen molar-refractivity contribution in [2.45, 2.75) is 25.8 Å². The molecule has 132 valence electrons. The summed E-state index contributed by atoms with van der Waals surface area (Å²) in [6.45, 7) is 3.38. The number of likely N-dealkylation sites (tertiary alicyclic amines) is 1. The fourth-order valence-electron chi connectivity index (χ4n) is 3.07. The smallest absolute Gasteiger partial charge is 0.409 e. The predicted molar refractivity (Wildman–Crippen MR) is 94.9 cm³/mol. The second-order valence-corrected chi connectivity index (χ2v) is 6.04. The van der Waals surface area contributed by atoms with Crippen molar-refractivity contribution in [3.8, 4) is 5.69 Å². The molecular formula is C19H23N3O3. The second-order valence-electron chi connectivity index (χ2n) is 6.04. The Balaban J connectivity index is 1.62. The number of rotatable bonds is 4. The lowest BCUT2D eigenvalue weighted by Crippen LogP contribution is -2.46. The monoisotopic (exact) mass is 341 g/mol. The molecule has 1 fully saturated rings. The van der Waals surface area contributed by atoms with Crippen LogP contribution in [-0.4, -0.2) is 47.2 Å². The third-order valence-electron chi connectivity index (χ3n) is 4.39. The predicted octanol–water partition coefficient (Wildman–Crippen LogP) is 2.83. The van der Waals surface area contributed by atoms with Gasteiger partial charge in [-0.05, 0) is 44.0 Å². The SMILES string of the molecule is CCOC(=O)N1CCC(NC(=O)c2ccccc2-n2cccc2)CC1. The Morgan fingerprint density at radius 3 is 2.48 bits per heavy atom. The number of nitrogens with one attached hydrogen (secondary N) is 1. The van der Waals surface area contributed by atoms with Crippen molar-refractivity contribution >= 4 is 12.0 Å². The highest BCUT2D eigenvalue weighted by Gasteiger charge is 2.25. The minimum Gasteiger partial charge on any atom is -0.450 e. The molecule has 0 aliphatic carbocycles. The Morgan fingerprint density at radius 1 is 1.12 bits per heavy atom. The van der Waals surface area contributed by atoms with Crippen LogP contribution in [0.3, 0.4) is 0 Å². The highest BCUT2D eigenvalue weighted by molar-refractivity contribution is 5.98. The number of benzene rings is 1. The molecule has 0 bridgehead atoms. The van der Waals surface area contributed by atoms with Crippen molar-refractivity contribution in [1.29, 1.82) is 0 Å². The van der Waals surface area contributed by atoms with Gasteiger partial charge in [-0.25, -0.2) is 4.79 Å². The molecule has 25 heavy (non-hydrogen) atoms. The van der Waals surface area contributed by atoms with E-state index in [1.807, 2.05) is 53.4 Å². The van der Waals surface area contributed by atoms with Crippen LogP contribution in [0.4, 0.5) is 4.79 Å². The van der Waals surface area contributed by atoms with Crippen molar-refractivity contribution in [3.63, 3.8) is 0 Å². The molecule has 0 saturated carbocycles. The van der Waals surface area contributed by atoms with Crippen LogP contribution < -0.4 is 5.32 Å². The minimum absolute atomic E-state index is 0.0656. The zero-order valence-electron chi connectivity index (χ0n) is 14.4. The zero-order valence-corrected chi connectivity index (χ0v) is 14.4. The molecule has 0 atom stereocenters. The van der Waals surface area contributed by atoms with Crippen LogP contribution in [-0.2, 0) is 4.74 Å². The molecule has 3 rings (SSSR count). The summed E-state index contributed by atoms with van der Waals surface area (Å²) >= 11 is 0. The number of para-hydroxylation sites is 1. The standard InChI is InChI=1S/C19H23N3O3/c1-2-25-19(24)22-13-9-15(10-14-22)20-18(23)16-7-3-4-8-17(16)21-11-5-6-12-21/h3-8,11-12,15H,2,9-10,13-14H2,1H3,(H,20,23). The Labute approximate surface area is 147 Å². The van der Waals surface area contributed by atoms with Crippen molar-refractivity contribution in [2.75, 3.05) is 19.7 Å². The van der Waals surface area contributed by atoms with E-state index < -0.39 is 0 Å². The molecule has 0 radical (unpaired) electrons. The first-order chi connectivity index (χ1) is 12.2. The molecule has 2 amide bonds. The van der Waals surface area contributed by atoms with Gasteiger partial charge in [-0.3, -0.25) is 4.79 Å². The van der Waals surface area contributed by atoms with Gasteiger partial charge in [0.15, 0.2) is 0 Å². The third kappa shape index (κ3) is 4.02. The van der Waals surface area contributed by atoms with Gasteiger partial charge in [0.25, 0.3) is 5.91 Å². The largest absolute Gasteiger partial charge is 0.450 e. The molecular weight excluding hydrogens is 318 g/mol. The second kappa shape index (κ2) is 7.88. The summed E-state index contributed by atoms with van der Waals surface area (Å²) in [5, 5.41) is 3.10. The number of carbonyl (C=O) groups is 2. The van der Waals surface area contributed by atoms with Crippen LogP contribution in [0, 0.1) is 0 Å². The van der Waals surface area contributed by atoms with Crippen molar-refractivity contribution in [3.05, 3.63) is 54.4 Å². The highest BCUT2D eigenvalue weighted by Crippen LogP contribution is 2.17. The maximum Gasteiger partial charge on any atom is 0.409 e. The maximum atomic E-state index is 12.7. The van der Waals surface area contributed by atoms with Gasteiger partial charge in [-0.15, -0.1) is 0 Å². The van der Waals surface area contributed by atoms with E-state index >= 15 is 0 Å². The third-order valence-corrected chi connectivity index (χ3v) is 4.39. The molecule has 6 nitrogen and oxygen atoms in total. The molecule has 0 spiro atoms. The normalized spacial score (nSPS) is 15.0. The summed E-state index contributed by atoms with van der Waals surface area (Å²) in [4.78, 5) is 26.1. The lowest BCUT2D eigenvalue weighted by molar-refractivity contribution is 0.0860. The van der Waals surface area contributed by atoms with Crippen LogP contribution in [0.25, 0.3) is 5.69 Å². The van der Waals surface area contributed by atoms with Gasteiger partial charge in [-0.2, -0.15) is 0 Å². The van der Waals surface area contributed by atoms with Crippen LogP contribution in [0.15, 0.2) is 48.8 Å². The average molecular weight is 341 g/mol. The van der Waals surface area contributed by atoms with E-state index in [4.69, 9.17) is 4.74 Å². The molecule has 1 aliphatic heterocycles. The molecule has 6 heteroatoms. The highest BCUT2D eigenvalue weighted by atomic mass is 16.6. The fraction of sp³-hybridized carbons (Fsp3) is 0.368. The summed E-state index contributed by atoms with van der Waals surface area (Å²) in [5.74, 6) is -0.0844. The number of ether oxygens (including phenoxy) is 1. The number of piperidine rings is 1. The van der Waals surface area contributed by atoms with Gasteiger partial charge in [0.1, 0.15) is 0 Å². The lowest BCUT2D eigenvalue weighted by Gasteiger charge is -2.31. The van der Waals surface area contributed by atoms with E-state index in [-0.39, 0.29) is 18.0 Å². The molecule has 2 heterocycles. The lowest BCUT2D eigenvalue weighted by atomic mass is 10.0. The quantitative estimate of drug-likeness (QED) is 0.930. The van der Waals surface area contributed by atoms with E-state index in [1.54, 1.807) is 11.8 Å². The van der Waals surface area contributed by atoms with Crippen molar-refractivity contribution in [1.82, 2.24) is 14.8 Å². The van der Waals surface area contributed by atoms with Crippen LogP contribution in [0.5, 0.6) is 0 Å². The van der Waals surface area contributed by atoms with Gasteiger partial charge in [0, 0.05) is 31.5 Å². The van der Waals surface area contributed by atoms with Crippen LogP contribution in [0.1, 0.15) is 30.1 Å². The first-order valence-corrected chi connectivity index (χ1v) is 8.64. The van der Waals surface area contributed by atoms with E-state index in [2.05, 4.69) is 5.32 Å². The molecule has 2 aromatic rings. The molecule has 1 aliphatic rings. The molecule has 1 saturated heterocycles. The first-order valence-electron chi connectivity index (χ1n) is 8.64. The van der Waals surface area contributed by atoms with Gasteiger partial charge >= 0.3 is 6.09 Å². The van der Waals surface area contributed by atoms with Crippen molar-refractivity contribution < 1.29 is 14.3 Å². The van der Waals surface area contributed by atoms with Gasteiger partial charge in [-0.1, -0.05) is 12.1 Å². The van der Waals surface area contributed by atoms with E-state index in [9.17, 15) is 9.59 Å². The number of amides is 2. The Bertz CT molecular complexity index is 719. The van der Waals surface area contributed by atoms with Crippen molar-refractivity contribution in [2.24, 2.45) is 0 Å². The molecule has 0 unspecified atom stereocenters. The maximum absolute atomic E-state index is 12.7. The van der Waals surface area contributed by atoms with Gasteiger partial charge in [0.05, 0.1) is 17.9 Å².